The minimum absolute atomic E-state index is 0.0425. The molecule has 1 unspecified atom stereocenters. The summed E-state index contributed by atoms with van der Waals surface area (Å²) in [5.41, 5.74) is -1.11. The first-order valence-electron chi connectivity index (χ1n) is 10.9. The Labute approximate surface area is 183 Å². The van der Waals surface area contributed by atoms with Crippen molar-refractivity contribution in [2.24, 2.45) is 5.41 Å². The Morgan fingerprint density at radius 2 is 1.90 bits per heavy atom. The Hall–Kier alpha value is -1.77. The van der Waals surface area contributed by atoms with Crippen LogP contribution in [0.25, 0.3) is 0 Å². The first-order valence-corrected chi connectivity index (χ1v) is 10.9. The third-order valence-electron chi connectivity index (χ3n) is 6.50. The average Bonchev–Trinajstić information content (AvgIpc) is 2.89. The highest BCUT2D eigenvalue weighted by molar-refractivity contribution is 5.77. The average molecular weight is 441 g/mol. The monoisotopic (exact) mass is 440 g/mol. The number of benzene rings is 1. The van der Waals surface area contributed by atoms with Crippen molar-refractivity contribution < 1.29 is 28.2 Å². The maximum atomic E-state index is 14.0. The molecule has 1 saturated carbocycles. The molecular formula is C23H34F2N2O4. The fourth-order valence-electron chi connectivity index (χ4n) is 4.58. The van der Waals surface area contributed by atoms with Gasteiger partial charge in [-0.2, -0.15) is 4.39 Å². The minimum atomic E-state index is -1.42. The van der Waals surface area contributed by atoms with Crippen molar-refractivity contribution in [1.82, 2.24) is 9.80 Å². The van der Waals surface area contributed by atoms with Crippen LogP contribution in [0.15, 0.2) is 18.2 Å². The number of carbonyl (C=O) groups excluding carboxylic acids is 1. The van der Waals surface area contributed by atoms with E-state index in [1.165, 1.54) is 19.2 Å². The van der Waals surface area contributed by atoms with Crippen LogP contribution in [0.3, 0.4) is 0 Å². The van der Waals surface area contributed by atoms with Crippen molar-refractivity contribution in [2.75, 3.05) is 46.5 Å². The van der Waals surface area contributed by atoms with Crippen LogP contribution in [0, 0.1) is 17.0 Å². The highest BCUT2D eigenvalue weighted by Gasteiger charge is 2.41. The Kier molecular flexibility index (Phi) is 7.55. The molecule has 1 amide bonds. The van der Waals surface area contributed by atoms with Crippen LogP contribution in [0.5, 0.6) is 5.75 Å². The lowest BCUT2D eigenvalue weighted by Crippen LogP contribution is -2.54. The standard InChI is InChI=1S/C23H34F2N2O4/c1-22(2)9-7-17(8-10-22)26-11-12-27(20(28)13-30-3)15-23(29,14-26)16-31-19-6-4-5-18(24)21(19)25/h4-6,17,29H,7-16H2,1-3H3. The lowest BCUT2D eigenvalue weighted by molar-refractivity contribution is -0.138. The molecule has 0 bridgehead atoms. The topological polar surface area (TPSA) is 62.2 Å². The minimum Gasteiger partial charge on any atom is -0.487 e. The zero-order valence-corrected chi connectivity index (χ0v) is 18.7. The molecule has 174 valence electrons. The van der Waals surface area contributed by atoms with Gasteiger partial charge in [0.2, 0.25) is 11.7 Å². The summed E-state index contributed by atoms with van der Waals surface area (Å²) in [5.74, 6) is -2.56. The van der Waals surface area contributed by atoms with E-state index in [0.29, 0.717) is 31.1 Å². The van der Waals surface area contributed by atoms with Crippen LogP contribution in [0.2, 0.25) is 0 Å². The summed E-state index contributed by atoms with van der Waals surface area (Å²) in [6.45, 7) is 5.66. The fourth-order valence-corrected chi connectivity index (χ4v) is 4.58. The van der Waals surface area contributed by atoms with E-state index in [9.17, 15) is 18.7 Å². The van der Waals surface area contributed by atoms with Crippen molar-refractivity contribution in [3.63, 3.8) is 0 Å². The zero-order chi connectivity index (χ0) is 22.6. The van der Waals surface area contributed by atoms with Gasteiger partial charge in [0.15, 0.2) is 11.6 Å². The summed E-state index contributed by atoms with van der Waals surface area (Å²) in [4.78, 5) is 16.3. The van der Waals surface area contributed by atoms with E-state index < -0.39 is 17.2 Å². The van der Waals surface area contributed by atoms with Crippen molar-refractivity contribution >= 4 is 5.91 Å². The number of nitrogens with zero attached hydrogens (tertiary/aromatic N) is 2. The van der Waals surface area contributed by atoms with Gasteiger partial charge in [-0.1, -0.05) is 19.9 Å². The Balaban J connectivity index is 1.76. The van der Waals surface area contributed by atoms with E-state index >= 15 is 0 Å². The molecule has 3 rings (SSSR count). The molecule has 0 radical (unpaired) electrons. The van der Waals surface area contributed by atoms with Gasteiger partial charge in [-0.15, -0.1) is 0 Å². The Morgan fingerprint density at radius 1 is 1.19 bits per heavy atom. The SMILES string of the molecule is COCC(=O)N1CCN(C2CCC(C)(C)CC2)CC(O)(COc2cccc(F)c2F)C1. The number of amides is 1. The molecule has 1 atom stereocenters. The summed E-state index contributed by atoms with van der Waals surface area (Å²) in [6, 6.07) is 4.01. The number of ether oxygens (including phenoxy) is 2. The molecule has 0 spiro atoms. The molecule has 2 fully saturated rings. The van der Waals surface area contributed by atoms with Crippen LogP contribution < -0.4 is 4.74 Å². The van der Waals surface area contributed by atoms with Crippen molar-refractivity contribution in [1.29, 1.82) is 0 Å². The number of rotatable bonds is 6. The second-order valence-electron chi connectivity index (χ2n) is 9.68. The van der Waals surface area contributed by atoms with Gasteiger partial charge in [-0.05, 0) is 43.2 Å². The smallest absolute Gasteiger partial charge is 0.248 e. The fraction of sp³-hybridized carbons (Fsp3) is 0.696. The van der Waals surface area contributed by atoms with Gasteiger partial charge in [0.05, 0.1) is 6.54 Å². The van der Waals surface area contributed by atoms with Gasteiger partial charge in [0.25, 0.3) is 0 Å². The number of halogens is 2. The van der Waals surface area contributed by atoms with E-state index in [0.717, 1.165) is 31.7 Å². The largest absolute Gasteiger partial charge is 0.487 e. The second-order valence-corrected chi connectivity index (χ2v) is 9.68. The Bertz CT molecular complexity index is 766. The lowest BCUT2D eigenvalue weighted by atomic mass is 9.75. The van der Waals surface area contributed by atoms with E-state index in [1.807, 2.05) is 0 Å². The van der Waals surface area contributed by atoms with Crippen LogP contribution in [0.4, 0.5) is 8.78 Å². The van der Waals surface area contributed by atoms with E-state index in [1.54, 1.807) is 4.90 Å². The van der Waals surface area contributed by atoms with E-state index in [2.05, 4.69) is 18.7 Å². The van der Waals surface area contributed by atoms with E-state index in [-0.39, 0.29) is 31.4 Å². The van der Waals surface area contributed by atoms with Gasteiger partial charge in [-0.3, -0.25) is 9.69 Å². The second kappa shape index (κ2) is 9.79. The van der Waals surface area contributed by atoms with Crippen LogP contribution in [-0.4, -0.2) is 79.0 Å². The van der Waals surface area contributed by atoms with E-state index in [4.69, 9.17) is 9.47 Å². The summed E-state index contributed by atoms with van der Waals surface area (Å²) in [5, 5.41) is 11.4. The summed E-state index contributed by atoms with van der Waals surface area (Å²) in [7, 11) is 1.45. The number of hydrogen-bond acceptors (Lipinski definition) is 5. The first kappa shape index (κ1) is 23.9. The molecule has 1 aromatic carbocycles. The summed E-state index contributed by atoms with van der Waals surface area (Å²) >= 11 is 0. The summed E-state index contributed by atoms with van der Waals surface area (Å²) in [6.07, 6.45) is 4.25. The third kappa shape index (κ3) is 6.14. The van der Waals surface area contributed by atoms with Crippen molar-refractivity contribution in [2.45, 2.75) is 51.2 Å². The first-order chi connectivity index (χ1) is 14.6. The van der Waals surface area contributed by atoms with Crippen molar-refractivity contribution in [3.05, 3.63) is 29.8 Å². The molecule has 1 heterocycles. The molecule has 31 heavy (non-hydrogen) atoms. The molecule has 6 nitrogen and oxygen atoms in total. The molecule has 1 aliphatic heterocycles. The van der Waals surface area contributed by atoms with Crippen LogP contribution in [0.1, 0.15) is 39.5 Å². The predicted molar refractivity (Wildman–Crippen MR) is 113 cm³/mol. The molecular weight excluding hydrogens is 406 g/mol. The summed E-state index contributed by atoms with van der Waals surface area (Å²) < 4.78 is 38.1. The predicted octanol–water partition coefficient (Wildman–Crippen LogP) is 2.83. The Morgan fingerprint density at radius 3 is 2.58 bits per heavy atom. The zero-order valence-electron chi connectivity index (χ0n) is 18.7. The molecule has 1 aliphatic carbocycles. The number of aliphatic hydroxyl groups is 1. The third-order valence-corrected chi connectivity index (χ3v) is 6.50. The van der Waals surface area contributed by atoms with Gasteiger partial charge in [0.1, 0.15) is 18.8 Å². The maximum absolute atomic E-state index is 14.0. The molecule has 8 heteroatoms. The van der Waals surface area contributed by atoms with Gasteiger partial charge >= 0.3 is 0 Å². The van der Waals surface area contributed by atoms with Crippen molar-refractivity contribution in [3.8, 4) is 5.75 Å². The number of carbonyl (C=O) groups is 1. The molecule has 2 aliphatic rings. The lowest BCUT2D eigenvalue weighted by Gasteiger charge is -2.41. The number of hydrogen-bond donors (Lipinski definition) is 1. The normalized spacial score (nSPS) is 25.3. The van der Waals surface area contributed by atoms with Gasteiger partial charge in [-0.25, -0.2) is 4.39 Å². The molecule has 1 N–H and O–H groups in total. The quantitative estimate of drug-likeness (QED) is 0.737. The van der Waals surface area contributed by atoms with Gasteiger partial charge < -0.3 is 19.5 Å². The molecule has 0 aromatic heterocycles. The maximum Gasteiger partial charge on any atom is 0.248 e. The highest BCUT2D eigenvalue weighted by Crippen LogP contribution is 2.37. The molecule has 1 aromatic rings. The van der Waals surface area contributed by atoms with Gasteiger partial charge in [0, 0.05) is 32.8 Å². The molecule has 1 saturated heterocycles. The van der Waals surface area contributed by atoms with Crippen LogP contribution in [-0.2, 0) is 9.53 Å². The van der Waals surface area contributed by atoms with Crippen LogP contribution >= 0.6 is 0 Å². The number of β-amino-alcohol motifs (C(OH)–C–C–N with tert-alkyl or cyclic N) is 1. The number of methoxy groups -OCH3 is 1. The highest BCUT2D eigenvalue weighted by atomic mass is 19.2.